The molecular formula is C20H15BrO3. The van der Waals surface area contributed by atoms with Gasteiger partial charge in [0.05, 0.1) is 7.11 Å². The van der Waals surface area contributed by atoms with Crippen LogP contribution in [0.5, 0.6) is 0 Å². The zero-order valence-corrected chi connectivity index (χ0v) is 14.7. The number of allylic oxidation sites excluding steroid dienone is 2. The maximum Gasteiger partial charge on any atom is 0.323 e. The normalized spacial score (nSPS) is 24.8. The van der Waals surface area contributed by atoms with Gasteiger partial charge in [0.1, 0.15) is 4.32 Å². The highest BCUT2D eigenvalue weighted by Crippen LogP contribution is 2.61. The lowest BCUT2D eigenvalue weighted by atomic mass is 9.95. The standard InChI is InChI=1S/C20H15BrO3/c1-24-19(23)20(21)11-15(20)17-13-9-5-6-10-14(13)18(22)16(17)12-7-3-2-4-8-12/h2-10,15H,11H2,1H3/t15-,20+/m0/s1. The molecule has 0 radical (unpaired) electrons. The van der Waals surface area contributed by atoms with Gasteiger partial charge >= 0.3 is 5.97 Å². The molecule has 2 atom stereocenters. The highest BCUT2D eigenvalue weighted by atomic mass is 79.9. The number of halogens is 1. The van der Waals surface area contributed by atoms with Crippen molar-refractivity contribution in [3.63, 3.8) is 0 Å². The molecule has 2 aliphatic rings. The summed E-state index contributed by atoms with van der Waals surface area (Å²) in [6, 6.07) is 17.3. The molecule has 2 aliphatic carbocycles. The Labute approximate surface area is 148 Å². The van der Waals surface area contributed by atoms with Crippen LogP contribution in [-0.4, -0.2) is 23.2 Å². The number of ketones is 1. The van der Waals surface area contributed by atoms with Crippen LogP contribution in [0.1, 0.15) is 27.9 Å². The number of benzene rings is 2. The summed E-state index contributed by atoms with van der Waals surface area (Å²) in [5.41, 5.74) is 4.17. The lowest BCUT2D eigenvalue weighted by molar-refractivity contribution is -0.140. The summed E-state index contributed by atoms with van der Waals surface area (Å²) in [5.74, 6) is -0.324. The SMILES string of the molecule is COC(=O)[C@@]1(Br)C[C@H]1C1=C(c2ccccc2)C(=O)c2ccccc21. The fourth-order valence-electron chi connectivity index (χ4n) is 3.53. The minimum atomic E-state index is -0.727. The number of hydrogen-bond donors (Lipinski definition) is 0. The minimum absolute atomic E-state index is 0.0263. The van der Waals surface area contributed by atoms with Gasteiger partial charge in [-0.15, -0.1) is 0 Å². The second-order valence-electron chi connectivity index (χ2n) is 6.14. The molecule has 0 N–H and O–H groups in total. The van der Waals surface area contributed by atoms with Crippen molar-refractivity contribution >= 4 is 38.8 Å². The molecule has 4 rings (SSSR count). The first-order chi connectivity index (χ1) is 11.6. The Bertz CT molecular complexity index is 885. The van der Waals surface area contributed by atoms with E-state index in [0.717, 1.165) is 16.7 Å². The van der Waals surface area contributed by atoms with E-state index in [-0.39, 0.29) is 17.7 Å². The fraction of sp³-hybridized carbons (Fsp3) is 0.200. The topological polar surface area (TPSA) is 43.4 Å². The third-order valence-corrected chi connectivity index (χ3v) is 5.99. The molecule has 1 fully saturated rings. The molecule has 0 amide bonds. The summed E-state index contributed by atoms with van der Waals surface area (Å²) in [6.45, 7) is 0. The molecule has 0 heterocycles. The lowest BCUT2D eigenvalue weighted by Gasteiger charge is -2.11. The van der Waals surface area contributed by atoms with Crippen LogP contribution in [0, 0.1) is 5.92 Å². The maximum atomic E-state index is 13.0. The zero-order chi connectivity index (χ0) is 16.9. The first-order valence-electron chi connectivity index (χ1n) is 7.79. The summed E-state index contributed by atoms with van der Waals surface area (Å²) in [6.07, 6.45) is 0.632. The van der Waals surface area contributed by atoms with Crippen molar-refractivity contribution < 1.29 is 14.3 Å². The quantitative estimate of drug-likeness (QED) is 0.592. The number of carbonyl (C=O) groups is 2. The molecule has 24 heavy (non-hydrogen) atoms. The zero-order valence-electron chi connectivity index (χ0n) is 13.1. The Balaban J connectivity index is 1.90. The van der Waals surface area contributed by atoms with E-state index in [1.807, 2.05) is 54.6 Å². The second kappa shape index (κ2) is 5.42. The summed E-state index contributed by atoms with van der Waals surface area (Å²) in [7, 11) is 1.39. The smallest absolute Gasteiger partial charge is 0.323 e. The van der Waals surface area contributed by atoms with E-state index in [1.165, 1.54) is 7.11 Å². The van der Waals surface area contributed by atoms with Gasteiger partial charge in [-0.25, -0.2) is 0 Å². The summed E-state index contributed by atoms with van der Waals surface area (Å²) in [5, 5.41) is 0. The van der Waals surface area contributed by atoms with Crippen LogP contribution >= 0.6 is 15.9 Å². The number of fused-ring (bicyclic) bond motifs is 1. The first kappa shape index (κ1) is 15.3. The van der Waals surface area contributed by atoms with Crippen molar-refractivity contribution in [2.24, 2.45) is 5.92 Å². The van der Waals surface area contributed by atoms with Crippen molar-refractivity contribution in [2.75, 3.05) is 7.11 Å². The molecular weight excluding hydrogens is 368 g/mol. The van der Waals surface area contributed by atoms with Crippen molar-refractivity contribution in [1.29, 1.82) is 0 Å². The largest absolute Gasteiger partial charge is 0.468 e. The molecule has 0 bridgehead atoms. The van der Waals surface area contributed by atoms with Gasteiger partial charge in [0.15, 0.2) is 5.78 Å². The Morgan fingerprint density at radius 1 is 1.08 bits per heavy atom. The number of esters is 1. The number of Topliss-reactive ketones (excluding diaryl/α,β-unsaturated/α-hetero) is 1. The Morgan fingerprint density at radius 3 is 2.38 bits per heavy atom. The molecule has 4 heteroatoms. The molecule has 2 aromatic rings. The predicted octanol–water partition coefficient (Wildman–Crippen LogP) is 4.12. The minimum Gasteiger partial charge on any atom is -0.468 e. The van der Waals surface area contributed by atoms with Crippen molar-refractivity contribution in [3.8, 4) is 0 Å². The molecule has 2 aromatic carbocycles. The Kier molecular flexibility index (Phi) is 3.46. The highest BCUT2D eigenvalue weighted by molar-refractivity contribution is 9.10. The van der Waals surface area contributed by atoms with Crippen LogP contribution in [0.3, 0.4) is 0 Å². The van der Waals surface area contributed by atoms with Crippen molar-refractivity contribution in [1.82, 2.24) is 0 Å². The van der Waals surface area contributed by atoms with E-state index in [0.29, 0.717) is 17.6 Å². The van der Waals surface area contributed by atoms with E-state index in [1.54, 1.807) is 0 Å². The van der Waals surface area contributed by atoms with E-state index in [4.69, 9.17) is 4.74 Å². The van der Waals surface area contributed by atoms with E-state index in [9.17, 15) is 9.59 Å². The molecule has 3 nitrogen and oxygen atoms in total. The van der Waals surface area contributed by atoms with Crippen LogP contribution in [0.2, 0.25) is 0 Å². The number of alkyl halides is 1. The van der Waals surface area contributed by atoms with E-state index >= 15 is 0 Å². The van der Waals surface area contributed by atoms with Gasteiger partial charge in [-0.05, 0) is 23.1 Å². The Morgan fingerprint density at radius 2 is 1.71 bits per heavy atom. The van der Waals surface area contributed by atoms with Crippen LogP contribution in [0.4, 0.5) is 0 Å². The van der Waals surface area contributed by atoms with E-state index < -0.39 is 4.32 Å². The molecule has 0 aromatic heterocycles. The third kappa shape index (κ3) is 2.09. The van der Waals surface area contributed by atoms with Crippen LogP contribution in [0.25, 0.3) is 11.1 Å². The average molecular weight is 383 g/mol. The summed E-state index contributed by atoms with van der Waals surface area (Å²) < 4.78 is 4.20. The first-order valence-corrected chi connectivity index (χ1v) is 8.58. The van der Waals surface area contributed by atoms with Crippen molar-refractivity contribution in [3.05, 3.63) is 71.3 Å². The maximum absolute atomic E-state index is 13.0. The Hall–Kier alpha value is -2.20. The monoisotopic (exact) mass is 382 g/mol. The number of carbonyl (C=O) groups excluding carboxylic acids is 2. The summed E-state index contributed by atoms with van der Waals surface area (Å²) >= 11 is 3.54. The van der Waals surface area contributed by atoms with Crippen LogP contribution < -0.4 is 0 Å². The molecule has 0 spiro atoms. The third-order valence-electron chi connectivity index (χ3n) is 4.79. The second-order valence-corrected chi connectivity index (χ2v) is 7.56. The average Bonchev–Trinajstić information content (AvgIpc) is 3.22. The molecule has 0 saturated heterocycles. The number of hydrogen-bond acceptors (Lipinski definition) is 3. The highest BCUT2D eigenvalue weighted by Gasteiger charge is 2.62. The van der Waals surface area contributed by atoms with Gasteiger partial charge in [0.2, 0.25) is 0 Å². The molecule has 0 aliphatic heterocycles. The van der Waals surface area contributed by atoms with Gasteiger partial charge in [0.25, 0.3) is 0 Å². The molecule has 0 unspecified atom stereocenters. The van der Waals surface area contributed by atoms with E-state index in [2.05, 4.69) is 15.9 Å². The number of rotatable bonds is 3. The summed E-state index contributed by atoms with van der Waals surface area (Å²) in [4.78, 5) is 25.1. The predicted molar refractivity (Wildman–Crippen MR) is 95.8 cm³/mol. The van der Waals surface area contributed by atoms with Gasteiger partial charge in [0, 0.05) is 17.1 Å². The lowest BCUT2D eigenvalue weighted by Crippen LogP contribution is -2.20. The van der Waals surface area contributed by atoms with Gasteiger partial charge in [-0.1, -0.05) is 70.5 Å². The van der Waals surface area contributed by atoms with Gasteiger partial charge in [-0.2, -0.15) is 0 Å². The number of ether oxygens (including phenoxy) is 1. The van der Waals surface area contributed by atoms with Gasteiger partial charge in [-0.3, -0.25) is 9.59 Å². The van der Waals surface area contributed by atoms with Crippen LogP contribution in [0.15, 0.2) is 54.6 Å². The number of methoxy groups -OCH3 is 1. The molecule has 1 saturated carbocycles. The van der Waals surface area contributed by atoms with Crippen molar-refractivity contribution in [2.45, 2.75) is 10.7 Å². The van der Waals surface area contributed by atoms with Gasteiger partial charge < -0.3 is 4.74 Å². The molecule has 120 valence electrons. The fourth-order valence-corrected chi connectivity index (χ4v) is 4.24. The van der Waals surface area contributed by atoms with Crippen LogP contribution in [-0.2, 0) is 9.53 Å².